The fourth-order valence-corrected chi connectivity index (χ4v) is 9.74. The van der Waals surface area contributed by atoms with E-state index >= 15 is 0 Å². The SMILES string of the molecule is CCCCCC/C=C\CCCCCCCC(=O)OCC(COC(=O)CCCCCCCCCCCCCCCCCCCCCCCCC)OC(=O)CCCCCCCCCCCCCCCCCC. The Balaban J connectivity index is 4.23. The molecule has 0 aliphatic carbocycles. The predicted octanol–water partition coefficient (Wildman–Crippen LogP) is 21.3. The summed E-state index contributed by atoms with van der Waals surface area (Å²) in [5, 5.41) is 0. The van der Waals surface area contributed by atoms with Crippen LogP contribution < -0.4 is 0 Å². The number of unbranched alkanes of at least 4 members (excludes halogenated alkanes) is 46. The Labute approximate surface area is 437 Å². The summed E-state index contributed by atoms with van der Waals surface area (Å²) in [5.41, 5.74) is 0. The van der Waals surface area contributed by atoms with Gasteiger partial charge in [0.25, 0.3) is 0 Å². The second-order valence-corrected chi connectivity index (χ2v) is 21.7. The molecular formula is C64H122O6. The molecule has 0 N–H and O–H groups in total. The van der Waals surface area contributed by atoms with Crippen molar-refractivity contribution in [1.29, 1.82) is 0 Å². The summed E-state index contributed by atoms with van der Waals surface area (Å²) < 4.78 is 16.9. The van der Waals surface area contributed by atoms with E-state index in [-0.39, 0.29) is 31.1 Å². The summed E-state index contributed by atoms with van der Waals surface area (Å²) in [6.45, 7) is 6.69. The van der Waals surface area contributed by atoms with E-state index in [1.54, 1.807) is 0 Å². The quantitative estimate of drug-likeness (QED) is 0.0261. The first-order chi connectivity index (χ1) is 34.5. The van der Waals surface area contributed by atoms with Crippen LogP contribution in [-0.4, -0.2) is 37.2 Å². The summed E-state index contributed by atoms with van der Waals surface area (Å²) in [6, 6.07) is 0. The Morgan fingerprint density at radius 2 is 0.471 bits per heavy atom. The van der Waals surface area contributed by atoms with E-state index in [4.69, 9.17) is 14.2 Å². The maximum absolute atomic E-state index is 12.9. The summed E-state index contributed by atoms with van der Waals surface area (Å²) in [5.74, 6) is -0.846. The van der Waals surface area contributed by atoms with Gasteiger partial charge >= 0.3 is 17.9 Å². The van der Waals surface area contributed by atoms with Gasteiger partial charge in [-0.1, -0.05) is 309 Å². The minimum absolute atomic E-state index is 0.0661. The normalized spacial score (nSPS) is 12.0. The molecule has 0 aliphatic rings. The third-order valence-corrected chi connectivity index (χ3v) is 14.5. The van der Waals surface area contributed by atoms with E-state index in [9.17, 15) is 14.4 Å². The van der Waals surface area contributed by atoms with Gasteiger partial charge in [0.05, 0.1) is 0 Å². The van der Waals surface area contributed by atoms with Crippen molar-refractivity contribution in [3.8, 4) is 0 Å². The zero-order chi connectivity index (χ0) is 50.7. The number of esters is 3. The average molecular weight is 988 g/mol. The van der Waals surface area contributed by atoms with Gasteiger partial charge in [-0.2, -0.15) is 0 Å². The summed E-state index contributed by atoms with van der Waals surface area (Å²) in [6.07, 6.45) is 69.3. The lowest BCUT2D eigenvalue weighted by Gasteiger charge is -2.18. The van der Waals surface area contributed by atoms with Crippen molar-refractivity contribution < 1.29 is 28.6 Å². The highest BCUT2D eigenvalue weighted by Crippen LogP contribution is 2.18. The zero-order valence-corrected chi connectivity index (χ0v) is 47.6. The highest BCUT2D eigenvalue weighted by atomic mass is 16.6. The van der Waals surface area contributed by atoms with Crippen molar-refractivity contribution in [1.82, 2.24) is 0 Å². The van der Waals surface area contributed by atoms with E-state index < -0.39 is 6.10 Å². The monoisotopic (exact) mass is 987 g/mol. The van der Waals surface area contributed by atoms with Gasteiger partial charge in [-0.05, 0) is 44.9 Å². The number of carbonyl (C=O) groups excluding carboxylic acids is 3. The predicted molar refractivity (Wildman–Crippen MR) is 303 cm³/mol. The topological polar surface area (TPSA) is 78.9 Å². The Hall–Kier alpha value is -1.85. The van der Waals surface area contributed by atoms with Gasteiger partial charge in [0.1, 0.15) is 13.2 Å². The average Bonchev–Trinajstić information content (AvgIpc) is 3.36. The van der Waals surface area contributed by atoms with Crippen LogP contribution in [-0.2, 0) is 28.6 Å². The first-order valence-corrected chi connectivity index (χ1v) is 31.7. The molecule has 414 valence electrons. The number of hydrogen-bond acceptors (Lipinski definition) is 6. The molecule has 0 saturated carbocycles. The fourth-order valence-electron chi connectivity index (χ4n) is 9.74. The number of allylic oxidation sites excluding steroid dienone is 2. The maximum atomic E-state index is 12.9. The first kappa shape index (κ1) is 68.2. The van der Waals surface area contributed by atoms with Crippen molar-refractivity contribution in [2.75, 3.05) is 13.2 Å². The number of ether oxygens (including phenoxy) is 3. The van der Waals surface area contributed by atoms with Gasteiger partial charge in [-0.3, -0.25) is 14.4 Å². The summed E-state index contributed by atoms with van der Waals surface area (Å²) in [4.78, 5) is 38.2. The molecule has 0 fully saturated rings. The van der Waals surface area contributed by atoms with Crippen LogP contribution in [0.3, 0.4) is 0 Å². The molecular weight excluding hydrogens is 865 g/mol. The number of hydrogen-bond donors (Lipinski definition) is 0. The van der Waals surface area contributed by atoms with Crippen LogP contribution in [0.4, 0.5) is 0 Å². The molecule has 1 atom stereocenters. The van der Waals surface area contributed by atoms with Crippen molar-refractivity contribution in [2.45, 2.75) is 367 Å². The van der Waals surface area contributed by atoms with Gasteiger partial charge in [-0.15, -0.1) is 0 Å². The molecule has 0 aromatic rings. The van der Waals surface area contributed by atoms with Crippen molar-refractivity contribution in [3.05, 3.63) is 12.2 Å². The smallest absolute Gasteiger partial charge is 0.306 e. The second kappa shape index (κ2) is 59.7. The largest absolute Gasteiger partial charge is 0.462 e. The molecule has 0 saturated heterocycles. The molecule has 6 nitrogen and oxygen atoms in total. The molecule has 0 spiro atoms. The molecule has 0 rings (SSSR count). The van der Waals surface area contributed by atoms with E-state index in [1.807, 2.05) is 0 Å². The first-order valence-electron chi connectivity index (χ1n) is 31.7. The highest BCUT2D eigenvalue weighted by molar-refractivity contribution is 5.71. The van der Waals surface area contributed by atoms with E-state index in [1.165, 1.54) is 257 Å². The van der Waals surface area contributed by atoms with Gasteiger partial charge in [0, 0.05) is 19.3 Å². The van der Waals surface area contributed by atoms with Crippen LogP contribution >= 0.6 is 0 Å². The Morgan fingerprint density at radius 3 is 0.729 bits per heavy atom. The molecule has 70 heavy (non-hydrogen) atoms. The minimum Gasteiger partial charge on any atom is -0.462 e. The third-order valence-electron chi connectivity index (χ3n) is 14.5. The van der Waals surface area contributed by atoms with Crippen LogP contribution in [0.1, 0.15) is 361 Å². The minimum atomic E-state index is -0.768. The third kappa shape index (κ3) is 57.1. The lowest BCUT2D eigenvalue weighted by Crippen LogP contribution is -2.30. The van der Waals surface area contributed by atoms with Crippen LogP contribution in [0.15, 0.2) is 12.2 Å². The molecule has 1 unspecified atom stereocenters. The molecule has 0 bridgehead atoms. The maximum Gasteiger partial charge on any atom is 0.306 e. The molecule has 0 aromatic heterocycles. The van der Waals surface area contributed by atoms with E-state index in [0.717, 1.165) is 64.2 Å². The van der Waals surface area contributed by atoms with Crippen LogP contribution in [0.25, 0.3) is 0 Å². The molecule has 0 amide bonds. The van der Waals surface area contributed by atoms with Crippen molar-refractivity contribution in [3.63, 3.8) is 0 Å². The lowest BCUT2D eigenvalue weighted by atomic mass is 10.0. The van der Waals surface area contributed by atoms with Gasteiger partial charge in [0.15, 0.2) is 6.10 Å². The van der Waals surface area contributed by atoms with E-state index in [2.05, 4.69) is 32.9 Å². The van der Waals surface area contributed by atoms with Gasteiger partial charge < -0.3 is 14.2 Å². The van der Waals surface area contributed by atoms with Crippen LogP contribution in [0, 0.1) is 0 Å². The van der Waals surface area contributed by atoms with Crippen LogP contribution in [0.2, 0.25) is 0 Å². The van der Waals surface area contributed by atoms with Gasteiger partial charge in [-0.25, -0.2) is 0 Å². The number of rotatable bonds is 59. The summed E-state index contributed by atoms with van der Waals surface area (Å²) >= 11 is 0. The van der Waals surface area contributed by atoms with Crippen molar-refractivity contribution >= 4 is 17.9 Å². The lowest BCUT2D eigenvalue weighted by molar-refractivity contribution is -0.167. The highest BCUT2D eigenvalue weighted by Gasteiger charge is 2.19. The standard InChI is InChI=1S/C64H122O6/c1-4-7-10-13-16-19-22-25-27-29-30-31-32-33-34-35-37-39-42-45-48-51-54-57-63(66)69-60-61(59-68-62(65)56-53-50-47-44-41-38-24-21-18-15-12-9-6-3)70-64(67)58-55-52-49-46-43-40-36-28-26-23-20-17-14-11-8-5-2/h21,24,61H,4-20,22-23,25-60H2,1-3H3/b24-21-. The summed E-state index contributed by atoms with van der Waals surface area (Å²) in [7, 11) is 0. The van der Waals surface area contributed by atoms with Gasteiger partial charge in [0.2, 0.25) is 0 Å². The second-order valence-electron chi connectivity index (χ2n) is 21.7. The molecule has 0 aromatic carbocycles. The Bertz CT molecular complexity index is 1090. The molecule has 0 radical (unpaired) electrons. The number of carbonyl (C=O) groups is 3. The Morgan fingerprint density at radius 1 is 0.271 bits per heavy atom. The van der Waals surface area contributed by atoms with E-state index in [0.29, 0.717) is 19.3 Å². The Kier molecular flexibility index (Phi) is 58.1. The van der Waals surface area contributed by atoms with Crippen LogP contribution in [0.5, 0.6) is 0 Å². The molecule has 6 heteroatoms. The zero-order valence-electron chi connectivity index (χ0n) is 47.6. The fraction of sp³-hybridized carbons (Fsp3) is 0.922. The molecule has 0 aliphatic heterocycles. The van der Waals surface area contributed by atoms with Crippen molar-refractivity contribution in [2.24, 2.45) is 0 Å². The molecule has 0 heterocycles.